The van der Waals surface area contributed by atoms with Gasteiger partial charge in [-0.05, 0) is 61.2 Å². The van der Waals surface area contributed by atoms with Crippen molar-refractivity contribution in [3.8, 4) is 0 Å². The van der Waals surface area contributed by atoms with Gasteiger partial charge >= 0.3 is 0 Å². The highest BCUT2D eigenvalue weighted by molar-refractivity contribution is 5.87. The van der Waals surface area contributed by atoms with Crippen LogP contribution in [0.2, 0.25) is 0 Å². The molecule has 20 heavy (non-hydrogen) atoms. The van der Waals surface area contributed by atoms with Crippen molar-refractivity contribution in [1.82, 2.24) is 0 Å². The van der Waals surface area contributed by atoms with Gasteiger partial charge in [-0.2, -0.15) is 0 Å². The Morgan fingerprint density at radius 1 is 1.05 bits per heavy atom. The summed E-state index contributed by atoms with van der Waals surface area (Å²) in [5.41, 5.74) is 0.583. The van der Waals surface area contributed by atoms with Crippen LogP contribution in [0.1, 0.15) is 79.1 Å². The lowest BCUT2D eigenvalue weighted by Gasteiger charge is -2.58. The molecule has 0 unspecified atom stereocenters. The largest absolute Gasteiger partial charge is 0.299 e. The van der Waals surface area contributed by atoms with Crippen LogP contribution in [0, 0.1) is 34.5 Å². The molecule has 0 saturated heterocycles. The Bertz CT molecular complexity index is 401. The molecule has 0 radical (unpaired) electrons. The van der Waals surface area contributed by atoms with Crippen molar-refractivity contribution in [3.05, 3.63) is 0 Å². The first-order valence-electron chi connectivity index (χ1n) is 9.00. The van der Waals surface area contributed by atoms with E-state index in [1.807, 2.05) is 0 Å². The van der Waals surface area contributed by atoms with Gasteiger partial charge < -0.3 is 0 Å². The van der Waals surface area contributed by atoms with E-state index in [4.69, 9.17) is 0 Å². The van der Waals surface area contributed by atoms with Gasteiger partial charge in [-0.1, -0.05) is 40.5 Å². The van der Waals surface area contributed by atoms with Gasteiger partial charge in [0, 0.05) is 11.8 Å². The maximum Gasteiger partial charge on any atom is 0.139 e. The second-order valence-electron chi connectivity index (χ2n) is 8.34. The Balaban J connectivity index is 1.91. The van der Waals surface area contributed by atoms with Crippen molar-refractivity contribution in [2.75, 3.05) is 0 Å². The van der Waals surface area contributed by atoms with Crippen LogP contribution in [0.3, 0.4) is 0 Å². The minimum atomic E-state index is 0.0505. The number of ketones is 1. The van der Waals surface area contributed by atoms with Gasteiger partial charge in [-0.25, -0.2) is 0 Å². The number of Topliss-reactive ketones (excluding diaryl/α,β-unsaturated/α-hetero) is 1. The fourth-order valence-electron chi connectivity index (χ4n) is 6.53. The van der Waals surface area contributed by atoms with Crippen LogP contribution in [0.4, 0.5) is 0 Å². The van der Waals surface area contributed by atoms with Gasteiger partial charge in [0.2, 0.25) is 0 Å². The summed E-state index contributed by atoms with van der Waals surface area (Å²) in [6.07, 6.45) is 10.00. The normalized spacial score (nSPS) is 51.7. The van der Waals surface area contributed by atoms with Crippen molar-refractivity contribution >= 4 is 5.78 Å². The van der Waals surface area contributed by atoms with E-state index in [2.05, 4.69) is 27.7 Å². The van der Waals surface area contributed by atoms with Crippen molar-refractivity contribution in [2.45, 2.75) is 79.1 Å². The lowest BCUT2D eigenvalue weighted by atomic mass is 9.47. The van der Waals surface area contributed by atoms with E-state index in [1.165, 1.54) is 44.9 Å². The van der Waals surface area contributed by atoms with Gasteiger partial charge in [-0.3, -0.25) is 4.79 Å². The standard InChI is InChI=1S/C19H32O/c1-5-13-7-8-14-15-9-10-17(20)19(15,4)12-11-16(14)18(13,3)6-2/h13-16H,5-12H2,1-4H3/t13-,14+,15+,16+,18+,19+/m1/s1. The smallest absolute Gasteiger partial charge is 0.139 e. The van der Waals surface area contributed by atoms with Crippen LogP contribution in [0.5, 0.6) is 0 Å². The molecule has 0 aromatic rings. The Labute approximate surface area is 124 Å². The van der Waals surface area contributed by atoms with Crippen molar-refractivity contribution in [1.29, 1.82) is 0 Å². The zero-order valence-electron chi connectivity index (χ0n) is 13.9. The Morgan fingerprint density at radius 2 is 1.80 bits per heavy atom. The summed E-state index contributed by atoms with van der Waals surface area (Å²) < 4.78 is 0. The van der Waals surface area contributed by atoms with Crippen molar-refractivity contribution < 1.29 is 4.79 Å². The summed E-state index contributed by atoms with van der Waals surface area (Å²) in [5.74, 6) is 3.92. The molecule has 0 amide bonds. The molecule has 3 aliphatic carbocycles. The van der Waals surface area contributed by atoms with E-state index in [9.17, 15) is 4.79 Å². The van der Waals surface area contributed by atoms with Crippen LogP contribution >= 0.6 is 0 Å². The first-order chi connectivity index (χ1) is 9.47. The predicted octanol–water partition coefficient (Wildman–Crippen LogP) is 5.23. The summed E-state index contributed by atoms with van der Waals surface area (Å²) in [6.45, 7) is 9.64. The summed E-state index contributed by atoms with van der Waals surface area (Å²) in [6, 6.07) is 0. The van der Waals surface area contributed by atoms with E-state index in [0.717, 1.165) is 24.2 Å². The van der Waals surface area contributed by atoms with Gasteiger partial charge in [-0.15, -0.1) is 0 Å². The zero-order valence-corrected chi connectivity index (χ0v) is 13.9. The molecule has 0 aromatic heterocycles. The third-order valence-corrected chi connectivity index (χ3v) is 8.03. The monoisotopic (exact) mass is 276 g/mol. The number of hydrogen-bond acceptors (Lipinski definition) is 1. The molecule has 3 fully saturated rings. The highest BCUT2D eigenvalue weighted by Gasteiger charge is 2.58. The number of carbonyl (C=O) groups excluding carboxylic acids is 1. The third-order valence-electron chi connectivity index (χ3n) is 8.03. The molecule has 3 rings (SSSR count). The van der Waals surface area contributed by atoms with E-state index in [-0.39, 0.29) is 5.41 Å². The van der Waals surface area contributed by atoms with Gasteiger partial charge in [0.25, 0.3) is 0 Å². The molecular formula is C19H32O. The van der Waals surface area contributed by atoms with Crippen LogP contribution in [-0.4, -0.2) is 5.78 Å². The quantitative estimate of drug-likeness (QED) is 0.674. The molecule has 0 bridgehead atoms. The molecule has 0 aliphatic heterocycles. The van der Waals surface area contributed by atoms with E-state index >= 15 is 0 Å². The fraction of sp³-hybridized carbons (Fsp3) is 0.947. The van der Waals surface area contributed by atoms with Crippen LogP contribution in [0.15, 0.2) is 0 Å². The summed E-state index contributed by atoms with van der Waals surface area (Å²) in [4.78, 5) is 12.4. The third kappa shape index (κ3) is 1.77. The average Bonchev–Trinajstić information content (AvgIpc) is 2.75. The molecule has 1 nitrogen and oxygen atoms in total. The molecule has 3 saturated carbocycles. The van der Waals surface area contributed by atoms with Crippen LogP contribution < -0.4 is 0 Å². The zero-order chi connectivity index (χ0) is 14.5. The van der Waals surface area contributed by atoms with Gasteiger partial charge in [0.1, 0.15) is 5.78 Å². The minimum Gasteiger partial charge on any atom is -0.299 e. The van der Waals surface area contributed by atoms with E-state index < -0.39 is 0 Å². The van der Waals surface area contributed by atoms with E-state index in [1.54, 1.807) is 0 Å². The maximum absolute atomic E-state index is 12.4. The number of carbonyl (C=O) groups is 1. The van der Waals surface area contributed by atoms with Gasteiger partial charge in [0.05, 0.1) is 0 Å². The van der Waals surface area contributed by atoms with Crippen molar-refractivity contribution in [2.24, 2.45) is 34.5 Å². The Kier molecular flexibility index (Phi) is 3.54. The lowest BCUT2D eigenvalue weighted by Crippen LogP contribution is -2.51. The molecule has 114 valence electrons. The van der Waals surface area contributed by atoms with Crippen LogP contribution in [0.25, 0.3) is 0 Å². The molecule has 0 N–H and O–H groups in total. The second kappa shape index (κ2) is 4.85. The molecule has 1 heteroatoms. The number of rotatable bonds is 2. The average molecular weight is 276 g/mol. The Morgan fingerprint density at radius 3 is 2.45 bits per heavy atom. The number of hydrogen-bond donors (Lipinski definition) is 0. The van der Waals surface area contributed by atoms with Crippen molar-refractivity contribution in [3.63, 3.8) is 0 Å². The highest BCUT2D eigenvalue weighted by atomic mass is 16.1. The van der Waals surface area contributed by atoms with Crippen LogP contribution in [-0.2, 0) is 4.79 Å². The first kappa shape index (κ1) is 14.6. The predicted molar refractivity (Wildman–Crippen MR) is 83.5 cm³/mol. The topological polar surface area (TPSA) is 17.1 Å². The molecule has 0 heterocycles. The summed E-state index contributed by atoms with van der Waals surface area (Å²) in [7, 11) is 0. The fourth-order valence-corrected chi connectivity index (χ4v) is 6.53. The molecular weight excluding hydrogens is 244 g/mol. The Hall–Kier alpha value is -0.330. The van der Waals surface area contributed by atoms with Gasteiger partial charge in [0.15, 0.2) is 0 Å². The maximum atomic E-state index is 12.4. The summed E-state index contributed by atoms with van der Waals surface area (Å²) >= 11 is 0. The molecule has 0 spiro atoms. The molecule has 6 atom stereocenters. The van der Waals surface area contributed by atoms with E-state index in [0.29, 0.717) is 17.1 Å². The SMILES string of the molecule is CC[C@@H]1CC[C@@H]2[C@H](CC[C@]3(C)C(=O)CC[C@@H]23)[C@@]1(C)CC. The number of fused-ring (bicyclic) bond motifs is 3. The highest BCUT2D eigenvalue weighted by Crippen LogP contribution is 2.63. The lowest BCUT2D eigenvalue weighted by molar-refractivity contribution is -0.136. The minimum absolute atomic E-state index is 0.0505. The first-order valence-corrected chi connectivity index (χ1v) is 9.00. The summed E-state index contributed by atoms with van der Waals surface area (Å²) in [5, 5.41) is 0. The second-order valence-corrected chi connectivity index (χ2v) is 8.34. The molecule has 3 aliphatic rings. The molecule has 0 aromatic carbocycles.